The molecule has 26 heavy (non-hydrogen) atoms. The normalized spacial score (nSPS) is 19.3. The fourth-order valence-electron chi connectivity index (χ4n) is 3.26. The van der Waals surface area contributed by atoms with Crippen LogP contribution in [-0.2, 0) is 11.2 Å². The van der Waals surface area contributed by atoms with Gasteiger partial charge in [0.25, 0.3) is 0 Å². The Hall–Kier alpha value is -2.14. The fourth-order valence-corrected chi connectivity index (χ4v) is 3.26. The van der Waals surface area contributed by atoms with E-state index in [0.717, 1.165) is 12.0 Å². The minimum Gasteiger partial charge on any atom is -0.478 e. The minimum absolute atomic E-state index is 0.0235. The van der Waals surface area contributed by atoms with Crippen LogP contribution in [0.15, 0.2) is 36.4 Å². The predicted octanol–water partition coefficient (Wildman–Crippen LogP) is 3.27. The molecule has 0 radical (unpaired) electrons. The summed E-state index contributed by atoms with van der Waals surface area (Å²) in [6, 6.07) is 6.78. The van der Waals surface area contributed by atoms with Gasteiger partial charge in [0, 0.05) is 13.0 Å². The van der Waals surface area contributed by atoms with E-state index in [0.29, 0.717) is 25.8 Å². The highest BCUT2D eigenvalue weighted by Crippen LogP contribution is 2.24. The topological polar surface area (TPSA) is 77.8 Å². The number of hydrogen-bond acceptors (Lipinski definition) is 3. The van der Waals surface area contributed by atoms with Gasteiger partial charge in [-0.15, -0.1) is 0 Å². The van der Waals surface area contributed by atoms with Crippen molar-refractivity contribution in [1.29, 1.82) is 0 Å². The Bertz CT molecular complexity index is 658. The SMILES string of the molecule is CC(C)(C)CC(O)/C=C\C1CCC(=O)N1CCc1ccc(C(=O)O)cc1. The number of aromatic carboxylic acids is 1. The Morgan fingerprint density at radius 2 is 1.96 bits per heavy atom. The van der Waals surface area contributed by atoms with Gasteiger partial charge in [0.15, 0.2) is 0 Å². The van der Waals surface area contributed by atoms with Gasteiger partial charge in [0.2, 0.25) is 5.91 Å². The zero-order valence-corrected chi connectivity index (χ0v) is 15.8. The summed E-state index contributed by atoms with van der Waals surface area (Å²) < 4.78 is 0. The number of nitrogens with zero attached hydrogens (tertiary/aromatic N) is 1. The molecule has 5 heteroatoms. The second-order valence-corrected chi connectivity index (χ2v) is 8.16. The van der Waals surface area contributed by atoms with Crippen LogP contribution in [0.25, 0.3) is 0 Å². The molecule has 142 valence electrons. The summed E-state index contributed by atoms with van der Waals surface area (Å²) in [7, 11) is 0. The highest BCUT2D eigenvalue weighted by molar-refractivity contribution is 5.87. The molecule has 2 N–H and O–H groups in total. The van der Waals surface area contributed by atoms with Crippen molar-refractivity contribution in [3.8, 4) is 0 Å². The standard InChI is InChI=1S/C21H29NO4/c1-21(2,3)14-18(23)10-8-17-9-11-19(24)22(17)13-12-15-4-6-16(7-5-15)20(25)26/h4-8,10,17-18,23H,9,11-14H2,1-3H3,(H,25,26)/b10-8-. The molecule has 1 saturated heterocycles. The van der Waals surface area contributed by atoms with Gasteiger partial charge in [-0.1, -0.05) is 45.1 Å². The third-order valence-corrected chi connectivity index (χ3v) is 4.59. The first-order chi connectivity index (χ1) is 12.2. The summed E-state index contributed by atoms with van der Waals surface area (Å²) >= 11 is 0. The first-order valence-corrected chi connectivity index (χ1v) is 9.14. The van der Waals surface area contributed by atoms with Gasteiger partial charge in [-0.2, -0.15) is 0 Å². The van der Waals surface area contributed by atoms with Crippen LogP contribution >= 0.6 is 0 Å². The molecule has 1 fully saturated rings. The monoisotopic (exact) mass is 359 g/mol. The number of aliphatic hydroxyl groups excluding tert-OH is 1. The molecule has 0 aromatic heterocycles. The van der Waals surface area contributed by atoms with Gasteiger partial charge in [-0.05, 0) is 42.4 Å². The Kier molecular flexibility index (Phi) is 6.59. The van der Waals surface area contributed by atoms with E-state index in [4.69, 9.17) is 5.11 Å². The largest absolute Gasteiger partial charge is 0.478 e. The number of rotatable bonds is 7. The van der Waals surface area contributed by atoms with Crippen molar-refractivity contribution in [2.45, 2.75) is 58.6 Å². The lowest BCUT2D eigenvalue weighted by atomic mass is 9.89. The van der Waals surface area contributed by atoms with Crippen molar-refractivity contribution in [2.75, 3.05) is 6.54 Å². The lowest BCUT2D eigenvalue weighted by molar-refractivity contribution is -0.128. The van der Waals surface area contributed by atoms with E-state index >= 15 is 0 Å². The highest BCUT2D eigenvalue weighted by Gasteiger charge is 2.28. The van der Waals surface area contributed by atoms with Crippen LogP contribution < -0.4 is 0 Å². The zero-order chi connectivity index (χ0) is 19.3. The third-order valence-electron chi connectivity index (χ3n) is 4.59. The molecule has 1 heterocycles. The first kappa shape index (κ1) is 20.2. The molecule has 2 unspecified atom stereocenters. The van der Waals surface area contributed by atoms with Crippen LogP contribution in [-0.4, -0.2) is 45.7 Å². The number of carbonyl (C=O) groups is 2. The minimum atomic E-state index is -0.940. The maximum absolute atomic E-state index is 12.2. The Labute approximate surface area is 155 Å². The quantitative estimate of drug-likeness (QED) is 0.733. The summed E-state index contributed by atoms with van der Waals surface area (Å²) in [5, 5.41) is 19.1. The molecule has 1 aliphatic heterocycles. The Balaban J connectivity index is 1.93. The number of carboxylic acids is 1. The van der Waals surface area contributed by atoms with Crippen LogP contribution in [0.4, 0.5) is 0 Å². The summed E-state index contributed by atoms with van der Waals surface area (Å²) in [4.78, 5) is 24.9. The second-order valence-electron chi connectivity index (χ2n) is 8.16. The van der Waals surface area contributed by atoms with E-state index < -0.39 is 12.1 Å². The van der Waals surface area contributed by atoms with Crippen LogP contribution in [0.3, 0.4) is 0 Å². The fraction of sp³-hybridized carbons (Fsp3) is 0.524. The smallest absolute Gasteiger partial charge is 0.335 e. The number of likely N-dealkylation sites (tertiary alicyclic amines) is 1. The van der Waals surface area contributed by atoms with E-state index in [1.165, 1.54) is 0 Å². The molecule has 1 aromatic rings. The van der Waals surface area contributed by atoms with E-state index in [2.05, 4.69) is 20.8 Å². The summed E-state index contributed by atoms with van der Waals surface area (Å²) in [5.41, 5.74) is 1.32. The molecule has 0 aliphatic carbocycles. The summed E-state index contributed by atoms with van der Waals surface area (Å²) in [5.74, 6) is -0.808. The Morgan fingerprint density at radius 1 is 1.31 bits per heavy atom. The van der Waals surface area contributed by atoms with E-state index in [1.807, 2.05) is 17.1 Å². The number of hydrogen-bond donors (Lipinski definition) is 2. The second kappa shape index (κ2) is 8.49. The van der Waals surface area contributed by atoms with Gasteiger partial charge in [0.05, 0.1) is 17.7 Å². The molecule has 0 spiro atoms. The van der Waals surface area contributed by atoms with Crippen molar-refractivity contribution in [3.05, 3.63) is 47.5 Å². The molecular formula is C21H29NO4. The zero-order valence-electron chi connectivity index (χ0n) is 15.8. The van der Waals surface area contributed by atoms with Gasteiger partial charge in [-0.3, -0.25) is 4.79 Å². The van der Waals surface area contributed by atoms with Crippen LogP contribution in [0.1, 0.15) is 56.0 Å². The molecule has 0 saturated carbocycles. The van der Waals surface area contributed by atoms with E-state index in [-0.39, 0.29) is 22.9 Å². The molecule has 2 atom stereocenters. The molecule has 5 nitrogen and oxygen atoms in total. The van der Waals surface area contributed by atoms with Gasteiger partial charge in [0.1, 0.15) is 0 Å². The van der Waals surface area contributed by atoms with Crippen molar-refractivity contribution in [1.82, 2.24) is 4.90 Å². The first-order valence-electron chi connectivity index (χ1n) is 9.14. The average molecular weight is 359 g/mol. The lowest BCUT2D eigenvalue weighted by Crippen LogP contribution is -2.33. The van der Waals surface area contributed by atoms with Crippen molar-refractivity contribution in [3.63, 3.8) is 0 Å². The van der Waals surface area contributed by atoms with Crippen molar-refractivity contribution in [2.24, 2.45) is 5.41 Å². The van der Waals surface area contributed by atoms with Crippen molar-refractivity contribution >= 4 is 11.9 Å². The van der Waals surface area contributed by atoms with Gasteiger partial charge < -0.3 is 15.1 Å². The molecule has 1 aromatic carbocycles. The summed E-state index contributed by atoms with van der Waals surface area (Å²) in [6.45, 7) is 6.86. The number of carboxylic acid groups (broad SMARTS) is 1. The molecule has 2 rings (SSSR count). The average Bonchev–Trinajstić information content (AvgIpc) is 2.90. The van der Waals surface area contributed by atoms with Crippen LogP contribution in [0.2, 0.25) is 0 Å². The maximum atomic E-state index is 12.2. The predicted molar refractivity (Wildman–Crippen MR) is 101 cm³/mol. The summed E-state index contributed by atoms with van der Waals surface area (Å²) in [6.07, 6.45) is 5.92. The number of benzene rings is 1. The third kappa shape index (κ3) is 5.99. The molecular weight excluding hydrogens is 330 g/mol. The van der Waals surface area contributed by atoms with E-state index in [1.54, 1.807) is 24.3 Å². The molecule has 1 amide bonds. The maximum Gasteiger partial charge on any atom is 0.335 e. The lowest BCUT2D eigenvalue weighted by Gasteiger charge is -2.24. The number of amides is 1. The van der Waals surface area contributed by atoms with Gasteiger partial charge in [-0.25, -0.2) is 4.79 Å². The van der Waals surface area contributed by atoms with Gasteiger partial charge >= 0.3 is 5.97 Å². The number of aliphatic hydroxyl groups is 1. The van der Waals surface area contributed by atoms with E-state index in [9.17, 15) is 14.7 Å². The van der Waals surface area contributed by atoms with Crippen LogP contribution in [0, 0.1) is 5.41 Å². The molecule has 1 aliphatic rings. The Morgan fingerprint density at radius 3 is 2.54 bits per heavy atom. The molecule has 0 bridgehead atoms. The van der Waals surface area contributed by atoms with Crippen molar-refractivity contribution < 1.29 is 19.8 Å². The number of carbonyl (C=O) groups excluding carboxylic acids is 1. The highest BCUT2D eigenvalue weighted by atomic mass is 16.4. The van der Waals surface area contributed by atoms with Crippen LogP contribution in [0.5, 0.6) is 0 Å².